The van der Waals surface area contributed by atoms with Crippen molar-refractivity contribution < 1.29 is 23.9 Å². The van der Waals surface area contributed by atoms with Gasteiger partial charge in [-0.1, -0.05) is 11.6 Å². The molecule has 1 aliphatic rings. The minimum Gasteiger partial charge on any atom is -0.494 e. The zero-order valence-corrected chi connectivity index (χ0v) is 16.7. The van der Waals surface area contributed by atoms with Crippen LogP contribution in [0.15, 0.2) is 59.3 Å². The van der Waals surface area contributed by atoms with Crippen molar-refractivity contribution in [3.8, 4) is 5.75 Å². The maximum Gasteiger partial charge on any atom is 0.338 e. The molecule has 1 N–H and O–H groups in total. The molecule has 0 saturated heterocycles. The Labute approximate surface area is 172 Å². The molecule has 0 aromatic heterocycles. The van der Waals surface area contributed by atoms with E-state index in [1.54, 1.807) is 31.2 Å². The molecule has 0 unspecified atom stereocenters. The highest BCUT2D eigenvalue weighted by atomic mass is 35.5. The number of carbonyl (C=O) groups excluding carboxylic acids is 3. The first kappa shape index (κ1) is 20.4. The van der Waals surface area contributed by atoms with E-state index in [9.17, 15) is 14.4 Å². The minimum absolute atomic E-state index is 0.0182. The molecule has 2 amide bonds. The van der Waals surface area contributed by atoms with E-state index in [0.29, 0.717) is 29.3 Å². The number of anilines is 2. The van der Waals surface area contributed by atoms with Gasteiger partial charge in [0.15, 0.2) is 0 Å². The van der Waals surface area contributed by atoms with Crippen LogP contribution in [-0.4, -0.2) is 31.0 Å². The zero-order chi connectivity index (χ0) is 21.0. The SMILES string of the molecule is CCOC(=O)c1ccc(N2C(=O)C(Cl)=C(Nc3ccc(OCC)cc3)C2=O)cc1. The van der Waals surface area contributed by atoms with Crippen molar-refractivity contribution in [2.24, 2.45) is 0 Å². The highest BCUT2D eigenvalue weighted by Crippen LogP contribution is 2.30. The van der Waals surface area contributed by atoms with Gasteiger partial charge in [-0.15, -0.1) is 0 Å². The number of carbonyl (C=O) groups is 3. The fraction of sp³-hybridized carbons (Fsp3) is 0.190. The molecule has 0 saturated carbocycles. The summed E-state index contributed by atoms with van der Waals surface area (Å²) < 4.78 is 10.3. The quantitative estimate of drug-likeness (QED) is 0.549. The van der Waals surface area contributed by atoms with Crippen molar-refractivity contribution in [2.45, 2.75) is 13.8 Å². The van der Waals surface area contributed by atoms with Crippen molar-refractivity contribution in [2.75, 3.05) is 23.4 Å². The smallest absolute Gasteiger partial charge is 0.338 e. The maximum atomic E-state index is 12.8. The van der Waals surface area contributed by atoms with E-state index in [2.05, 4.69) is 5.32 Å². The molecule has 0 radical (unpaired) electrons. The first-order valence-electron chi connectivity index (χ1n) is 9.01. The van der Waals surface area contributed by atoms with Gasteiger partial charge < -0.3 is 14.8 Å². The molecule has 29 heavy (non-hydrogen) atoms. The van der Waals surface area contributed by atoms with Crippen LogP contribution < -0.4 is 15.0 Å². The summed E-state index contributed by atoms with van der Waals surface area (Å²) in [5.41, 5.74) is 1.19. The number of rotatable bonds is 7. The first-order valence-corrected chi connectivity index (χ1v) is 9.39. The number of esters is 1. The Balaban J connectivity index is 1.78. The van der Waals surface area contributed by atoms with Crippen LogP contribution in [0.1, 0.15) is 24.2 Å². The Hall–Kier alpha value is -3.32. The van der Waals surface area contributed by atoms with Gasteiger partial charge in [-0.25, -0.2) is 9.69 Å². The molecule has 7 nitrogen and oxygen atoms in total. The largest absolute Gasteiger partial charge is 0.494 e. The zero-order valence-electron chi connectivity index (χ0n) is 15.9. The fourth-order valence-electron chi connectivity index (χ4n) is 2.75. The standard InChI is InChI=1S/C21H19ClN2O5/c1-3-28-16-11-7-14(8-12-16)23-18-17(22)19(25)24(20(18)26)15-9-5-13(6-10-15)21(27)29-4-2/h5-12,23H,3-4H2,1-2H3. The number of nitrogens with one attached hydrogen (secondary N) is 1. The second kappa shape index (κ2) is 8.79. The van der Waals surface area contributed by atoms with Crippen LogP contribution in [0.5, 0.6) is 5.75 Å². The van der Waals surface area contributed by atoms with Crippen molar-refractivity contribution in [3.05, 3.63) is 64.8 Å². The van der Waals surface area contributed by atoms with E-state index in [0.717, 1.165) is 4.90 Å². The topological polar surface area (TPSA) is 84.9 Å². The van der Waals surface area contributed by atoms with Crippen LogP contribution >= 0.6 is 11.6 Å². The molecule has 1 heterocycles. The van der Waals surface area contributed by atoms with Gasteiger partial charge in [0.25, 0.3) is 11.8 Å². The molecule has 150 valence electrons. The molecule has 2 aromatic carbocycles. The van der Waals surface area contributed by atoms with Crippen molar-refractivity contribution in [1.82, 2.24) is 0 Å². The van der Waals surface area contributed by atoms with Gasteiger partial charge in [-0.3, -0.25) is 9.59 Å². The van der Waals surface area contributed by atoms with Gasteiger partial charge >= 0.3 is 5.97 Å². The number of hydrogen-bond acceptors (Lipinski definition) is 6. The third-order valence-corrected chi connectivity index (χ3v) is 4.45. The van der Waals surface area contributed by atoms with Gasteiger partial charge in [0.1, 0.15) is 16.5 Å². The summed E-state index contributed by atoms with van der Waals surface area (Å²) in [6.45, 7) is 4.39. The van der Waals surface area contributed by atoms with E-state index >= 15 is 0 Å². The minimum atomic E-state index is -0.644. The summed E-state index contributed by atoms with van der Waals surface area (Å²) in [4.78, 5) is 38.1. The Bertz CT molecular complexity index is 968. The van der Waals surface area contributed by atoms with Crippen molar-refractivity contribution in [1.29, 1.82) is 0 Å². The highest BCUT2D eigenvalue weighted by molar-refractivity contribution is 6.53. The number of hydrogen-bond donors (Lipinski definition) is 1. The molecular formula is C21H19ClN2O5. The fourth-order valence-corrected chi connectivity index (χ4v) is 2.96. The van der Waals surface area contributed by atoms with E-state index in [1.807, 2.05) is 6.92 Å². The lowest BCUT2D eigenvalue weighted by atomic mass is 10.2. The first-order chi connectivity index (χ1) is 14.0. The van der Waals surface area contributed by atoms with Gasteiger partial charge in [-0.05, 0) is 62.4 Å². The van der Waals surface area contributed by atoms with E-state index in [1.165, 1.54) is 24.3 Å². The van der Waals surface area contributed by atoms with Gasteiger partial charge in [0, 0.05) is 5.69 Å². The molecule has 0 aliphatic carbocycles. The normalized spacial score (nSPS) is 13.7. The van der Waals surface area contributed by atoms with Crippen LogP contribution in [0, 0.1) is 0 Å². The number of imide groups is 1. The third kappa shape index (κ3) is 4.25. The molecule has 1 aliphatic heterocycles. The highest BCUT2D eigenvalue weighted by Gasteiger charge is 2.39. The lowest BCUT2D eigenvalue weighted by Crippen LogP contribution is -2.32. The molecule has 0 atom stereocenters. The number of nitrogens with zero attached hydrogens (tertiary/aromatic N) is 1. The summed E-state index contributed by atoms with van der Waals surface area (Å²) in [7, 11) is 0. The summed E-state index contributed by atoms with van der Waals surface area (Å²) in [5, 5.41) is 2.68. The second-order valence-corrected chi connectivity index (χ2v) is 6.36. The number of halogens is 1. The van der Waals surface area contributed by atoms with Gasteiger partial charge in [0.2, 0.25) is 0 Å². The average Bonchev–Trinajstić information content (AvgIpc) is 2.93. The maximum absolute atomic E-state index is 12.8. The number of benzene rings is 2. The molecule has 0 spiro atoms. The summed E-state index contributed by atoms with van der Waals surface area (Å²) in [6.07, 6.45) is 0. The lowest BCUT2D eigenvalue weighted by Gasteiger charge is -2.15. The number of ether oxygens (including phenoxy) is 2. The van der Waals surface area contributed by atoms with Gasteiger partial charge in [0.05, 0.1) is 24.5 Å². The van der Waals surface area contributed by atoms with E-state index < -0.39 is 17.8 Å². The van der Waals surface area contributed by atoms with Crippen LogP contribution in [0.25, 0.3) is 0 Å². The Kier molecular flexibility index (Phi) is 6.19. The van der Waals surface area contributed by atoms with Crippen molar-refractivity contribution >= 4 is 40.8 Å². The van der Waals surface area contributed by atoms with Crippen LogP contribution in [-0.2, 0) is 14.3 Å². The lowest BCUT2D eigenvalue weighted by molar-refractivity contribution is -0.120. The Morgan fingerprint density at radius 1 is 0.966 bits per heavy atom. The van der Waals surface area contributed by atoms with E-state index in [-0.39, 0.29) is 17.3 Å². The summed E-state index contributed by atoms with van der Waals surface area (Å²) in [6, 6.07) is 12.9. The van der Waals surface area contributed by atoms with E-state index in [4.69, 9.17) is 21.1 Å². The molecule has 0 fully saturated rings. The van der Waals surface area contributed by atoms with Crippen LogP contribution in [0.2, 0.25) is 0 Å². The summed E-state index contributed by atoms with van der Waals surface area (Å²) >= 11 is 6.13. The Morgan fingerprint density at radius 3 is 2.21 bits per heavy atom. The monoisotopic (exact) mass is 414 g/mol. The second-order valence-electron chi connectivity index (χ2n) is 5.98. The van der Waals surface area contributed by atoms with Gasteiger partial charge in [-0.2, -0.15) is 0 Å². The number of amides is 2. The molecule has 2 aromatic rings. The average molecular weight is 415 g/mol. The van der Waals surface area contributed by atoms with Crippen molar-refractivity contribution in [3.63, 3.8) is 0 Å². The molecule has 3 rings (SSSR count). The third-order valence-electron chi connectivity index (χ3n) is 4.10. The predicted molar refractivity (Wildman–Crippen MR) is 109 cm³/mol. The van der Waals surface area contributed by atoms with Crippen LogP contribution in [0.4, 0.5) is 11.4 Å². The van der Waals surface area contributed by atoms with Crippen LogP contribution in [0.3, 0.4) is 0 Å². The molecular weight excluding hydrogens is 396 g/mol. The summed E-state index contributed by atoms with van der Waals surface area (Å²) in [5.74, 6) is -1.02. The predicted octanol–water partition coefficient (Wildman–Crippen LogP) is 3.70. The molecule has 8 heteroatoms. The molecule has 0 bridgehead atoms. The Morgan fingerprint density at radius 2 is 1.62 bits per heavy atom.